The van der Waals surface area contributed by atoms with Crippen molar-refractivity contribution < 1.29 is 4.79 Å². The number of hydrogen-bond donors (Lipinski definition) is 1. The SMILES string of the molecule is CN(CCCCI)c1c(NC(=O)C2CCCCCC2)cnc2sccc12. The highest BCUT2D eigenvalue weighted by molar-refractivity contribution is 14.1. The van der Waals surface area contributed by atoms with Gasteiger partial charge in [-0.15, -0.1) is 11.3 Å². The van der Waals surface area contributed by atoms with Crippen LogP contribution in [0.15, 0.2) is 17.6 Å². The van der Waals surface area contributed by atoms with Crippen LogP contribution < -0.4 is 10.2 Å². The number of aromatic nitrogens is 1. The van der Waals surface area contributed by atoms with Crippen molar-refractivity contribution >= 4 is 61.4 Å². The Morgan fingerprint density at radius 2 is 2.08 bits per heavy atom. The van der Waals surface area contributed by atoms with Gasteiger partial charge >= 0.3 is 0 Å². The lowest BCUT2D eigenvalue weighted by molar-refractivity contribution is -0.120. The molecule has 0 radical (unpaired) electrons. The number of amides is 1. The first-order valence-electron chi connectivity index (χ1n) is 9.65. The van der Waals surface area contributed by atoms with Gasteiger partial charge in [-0.2, -0.15) is 0 Å². The predicted octanol–water partition coefficient (Wildman–Crippen LogP) is 5.86. The molecule has 6 heteroatoms. The molecule has 0 spiro atoms. The number of carbonyl (C=O) groups is 1. The molecule has 2 aromatic heterocycles. The van der Waals surface area contributed by atoms with Crippen molar-refractivity contribution in [2.24, 2.45) is 5.92 Å². The second kappa shape index (κ2) is 9.88. The summed E-state index contributed by atoms with van der Waals surface area (Å²) in [5.41, 5.74) is 1.98. The maximum absolute atomic E-state index is 12.9. The molecule has 0 bridgehead atoms. The van der Waals surface area contributed by atoms with Gasteiger partial charge in [0.15, 0.2) is 0 Å². The Balaban J connectivity index is 1.82. The zero-order valence-electron chi connectivity index (χ0n) is 15.5. The minimum Gasteiger partial charge on any atom is -0.372 e. The Morgan fingerprint density at radius 3 is 2.81 bits per heavy atom. The van der Waals surface area contributed by atoms with Gasteiger partial charge in [0.25, 0.3) is 0 Å². The van der Waals surface area contributed by atoms with Crippen molar-refractivity contribution in [3.8, 4) is 0 Å². The highest BCUT2D eigenvalue weighted by Gasteiger charge is 2.22. The van der Waals surface area contributed by atoms with E-state index in [0.717, 1.165) is 47.4 Å². The monoisotopic (exact) mass is 485 g/mol. The highest BCUT2D eigenvalue weighted by Crippen LogP contribution is 2.36. The quantitative estimate of drug-likeness (QED) is 0.231. The molecule has 0 unspecified atom stereocenters. The van der Waals surface area contributed by atoms with Crippen LogP contribution in [0, 0.1) is 5.92 Å². The molecule has 1 amide bonds. The number of alkyl halides is 1. The lowest BCUT2D eigenvalue weighted by atomic mass is 9.99. The van der Waals surface area contributed by atoms with Crippen molar-refractivity contribution in [3.05, 3.63) is 17.6 Å². The van der Waals surface area contributed by atoms with Crippen molar-refractivity contribution in [3.63, 3.8) is 0 Å². The Hall–Kier alpha value is -0.890. The summed E-state index contributed by atoms with van der Waals surface area (Å²) in [6.07, 6.45) is 11.1. The summed E-state index contributed by atoms with van der Waals surface area (Å²) in [7, 11) is 2.13. The average Bonchev–Trinajstić information content (AvgIpc) is 2.94. The predicted molar refractivity (Wildman–Crippen MR) is 121 cm³/mol. The molecule has 0 atom stereocenters. The molecular formula is C20H28IN3OS. The molecular weight excluding hydrogens is 457 g/mol. The largest absolute Gasteiger partial charge is 0.372 e. The zero-order valence-corrected chi connectivity index (χ0v) is 18.4. The number of carbonyl (C=O) groups excluding carboxylic acids is 1. The molecule has 3 rings (SSSR count). The summed E-state index contributed by atoms with van der Waals surface area (Å²) in [5.74, 6) is 0.318. The van der Waals surface area contributed by atoms with Crippen LogP contribution in [0.5, 0.6) is 0 Å². The normalized spacial score (nSPS) is 15.8. The van der Waals surface area contributed by atoms with E-state index in [0.29, 0.717) is 0 Å². The van der Waals surface area contributed by atoms with Crippen LogP contribution in [0.3, 0.4) is 0 Å². The van der Waals surface area contributed by atoms with Gasteiger partial charge in [-0.1, -0.05) is 48.3 Å². The second-order valence-corrected chi connectivity index (χ2v) is 9.13. The van der Waals surface area contributed by atoms with Crippen LogP contribution in [0.4, 0.5) is 11.4 Å². The zero-order chi connectivity index (χ0) is 18.4. The summed E-state index contributed by atoms with van der Waals surface area (Å²) < 4.78 is 1.18. The van der Waals surface area contributed by atoms with Crippen LogP contribution in [0.2, 0.25) is 0 Å². The van der Waals surface area contributed by atoms with E-state index < -0.39 is 0 Å². The third-order valence-corrected chi connectivity index (χ3v) is 6.79. The van der Waals surface area contributed by atoms with E-state index in [1.54, 1.807) is 11.3 Å². The molecule has 26 heavy (non-hydrogen) atoms. The molecule has 0 saturated heterocycles. The van der Waals surface area contributed by atoms with Crippen molar-refractivity contribution in [2.45, 2.75) is 51.4 Å². The van der Waals surface area contributed by atoms with E-state index in [4.69, 9.17) is 0 Å². The molecule has 2 aromatic rings. The number of pyridine rings is 1. The Bertz CT molecular complexity index is 725. The number of rotatable bonds is 7. The highest BCUT2D eigenvalue weighted by atomic mass is 127. The number of thiophene rings is 1. The fourth-order valence-electron chi connectivity index (χ4n) is 3.75. The van der Waals surface area contributed by atoms with Gasteiger partial charge in [0.05, 0.1) is 17.6 Å². The van der Waals surface area contributed by atoms with E-state index >= 15 is 0 Å². The number of nitrogens with zero attached hydrogens (tertiary/aromatic N) is 2. The van der Waals surface area contributed by atoms with Crippen LogP contribution in [-0.2, 0) is 4.79 Å². The fourth-order valence-corrected chi connectivity index (χ4v) is 5.02. The third kappa shape index (κ3) is 4.88. The molecule has 1 aliphatic carbocycles. The maximum atomic E-state index is 12.9. The minimum atomic E-state index is 0.146. The fraction of sp³-hybridized carbons (Fsp3) is 0.600. The number of anilines is 2. The van der Waals surface area contributed by atoms with Crippen LogP contribution in [-0.4, -0.2) is 28.9 Å². The number of halogens is 1. The second-order valence-electron chi connectivity index (χ2n) is 7.16. The molecule has 1 aliphatic rings. The Morgan fingerprint density at radius 1 is 1.31 bits per heavy atom. The number of hydrogen-bond acceptors (Lipinski definition) is 4. The molecule has 1 saturated carbocycles. The maximum Gasteiger partial charge on any atom is 0.227 e. The summed E-state index contributed by atoms with van der Waals surface area (Å²) in [4.78, 5) is 20.8. The van der Waals surface area contributed by atoms with Crippen molar-refractivity contribution in [1.29, 1.82) is 0 Å². The minimum absolute atomic E-state index is 0.146. The van der Waals surface area contributed by atoms with Gasteiger partial charge in [0.1, 0.15) is 4.83 Å². The third-order valence-electron chi connectivity index (χ3n) is 5.21. The van der Waals surface area contributed by atoms with E-state index in [1.807, 2.05) is 6.20 Å². The standard InChI is InChI=1S/C20H28IN3OS/c1-24(12-7-6-11-21)18-16-10-13-26-20(16)22-14-17(18)23-19(25)15-8-4-2-3-5-9-15/h10,13-15H,2-9,11-12H2,1H3,(H,23,25). The van der Waals surface area contributed by atoms with Gasteiger partial charge < -0.3 is 10.2 Å². The van der Waals surface area contributed by atoms with E-state index in [9.17, 15) is 4.79 Å². The number of nitrogens with one attached hydrogen (secondary N) is 1. The van der Waals surface area contributed by atoms with Crippen LogP contribution in [0.1, 0.15) is 51.4 Å². The van der Waals surface area contributed by atoms with Gasteiger partial charge in [-0.25, -0.2) is 4.98 Å². The summed E-state index contributed by atoms with van der Waals surface area (Å²) >= 11 is 4.08. The lowest BCUT2D eigenvalue weighted by Crippen LogP contribution is -2.25. The van der Waals surface area contributed by atoms with Crippen LogP contribution >= 0.6 is 33.9 Å². The van der Waals surface area contributed by atoms with Gasteiger partial charge in [-0.05, 0) is 41.6 Å². The van der Waals surface area contributed by atoms with Gasteiger partial charge in [0, 0.05) is 24.9 Å². The number of unbranched alkanes of at least 4 members (excludes halogenated alkanes) is 1. The molecule has 0 aliphatic heterocycles. The molecule has 142 valence electrons. The first-order valence-corrected chi connectivity index (χ1v) is 12.1. The first-order chi connectivity index (χ1) is 12.7. The smallest absolute Gasteiger partial charge is 0.227 e. The molecule has 4 nitrogen and oxygen atoms in total. The number of fused-ring (bicyclic) bond motifs is 1. The van der Waals surface area contributed by atoms with Crippen molar-refractivity contribution in [2.75, 3.05) is 28.2 Å². The lowest BCUT2D eigenvalue weighted by Gasteiger charge is -2.24. The van der Waals surface area contributed by atoms with E-state index in [-0.39, 0.29) is 11.8 Å². The molecule has 0 aromatic carbocycles. The van der Waals surface area contributed by atoms with E-state index in [1.165, 1.54) is 36.5 Å². The average molecular weight is 485 g/mol. The first kappa shape index (κ1) is 19.9. The Kier molecular flexibility index (Phi) is 7.54. The van der Waals surface area contributed by atoms with E-state index in [2.05, 4.69) is 56.3 Å². The molecule has 2 heterocycles. The topological polar surface area (TPSA) is 45.2 Å². The van der Waals surface area contributed by atoms with Gasteiger partial charge in [0.2, 0.25) is 5.91 Å². The van der Waals surface area contributed by atoms with Gasteiger partial charge in [-0.3, -0.25) is 4.79 Å². The molecule has 1 fully saturated rings. The molecule has 1 N–H and O–H groups in total. The summed E-state index contributed by atoms with van der Waals surface area (Å²) in [6.45, 7) is 0.990. The van der Waals surface area contributed by atoms with Crippen LogP contribution in [0.25, 0.3) is 10.2 Å². The van der Waals surface area contributed by atoms with Crippen molar-refractivity contribution in [1.82, 2.24) is 4.98 Å². The Labute approximate surface area is 173 Å². The summed E-state index contributed by atoms with van der Waals surface area (Å²) in [6, 6.07) is 2.12. The summed E-state index contributed by atoms with van der Waals surface area (Å²) in [5, 5.41) is 6.45.